The van der Waals surface area contributed by atoms with E-state index in [9.17, 15) is 4.79 Å². The number of aryl methyl sites for hydroxylation is 2. The van der Waals surface area contributed by atoms with E-state index in [1.165, 1.54) is 24.8 Å². The van der Waals surface area contributed by atoms with Crippen molar-refractivity contribution < 1.29 is 4.79 Å². The largest absolute Gasteiger partial charge is 0.353 e. The number of piperidine rings is 1. The lowest BCUT2D eigenvalue weighted by Gasteiger charge is -2.36. The van der Waals surface area contributed by atoms with Crippen LogP contribution in [0.25, 0.3) is 0 Å². The molecule has 2 fully saturated rings. The Morgan fingerprint density at radius 2 is 1.63 bits per heavy atom. The molecule has 0 spiro atoms. The lowest BCUT2D eigenvalue weighted by atomic mass is 10.1. The summed E-state index contributed by atoms with van der Waals surface area (Å²) in [5.41, 5.74) is 3.11. The highest BCUT2D eigenvalue weighted by Crippen LogP contribution is 2.22. The van der Waals surface area contributed by atoms with Gasteiger partial charge in [0.2, 0.25) is 5.95 Å². The highest BCUT2D eigenvalue weighted by atomic mass is 16.2. The molecule has 30 heavy (non-hydrogen) atoms. The van der Waals surface area contributed by atoms with Crippen LogP contribution in [0.1, 0.15) is 37.4 Å². The summed E-state index contributed by atoms with van der Waals surface area (Å²) in [6, 6.07) is 10.1. The average molecular weight is 409 g/mol. The van der Waals surface area contributed by atoms with Crippen LogP contribution >= 0.6 is 0 Å². The summed E-state index contributed by atoms with van der Waals surface area (Å²) in [7, 11) is 0. The third kappa shape index (κ3) is 4.83. The molecule has 1 aromatic heterocycles. The quantitative estimate of drug-likeness (QED) is 0.836. The van der Waals surface area contributed by atoms with E-state index in [4.69, 9.17) is 4.98 Å². The molecule has 2 aromatic rings. The van der Waals surface area contributed by atoms with Gasteiger partial charge < -0.3 is 20.0 Å². The maximum absolute atomic E-state index is 12.6. The minimum absolute atomic E-state index is 0.0354. The Bertz CT molecular complexity index is 854. The fourth-order valence-electron chi connectivity index (χ4n) is 4.10. The molecule has 4 rings (SSSR count). The molecule has 2 amide bonds. The normalized spacial score (nSPS) is 17.2. The molecule has 2 aliphatic rings. The number of urea groups is 1. The van der Waals surface area contributed by atoms with Crippen molar-refractivity contribution in [1.29, 1.82) is 0 Å². The monoisotopic (exact) mass is 408 g/mol. The second kappa shape index (κ2) is 9.32. The Labute approximate surface area is 179 Å². The van der Waals surface area contributed by atoms with Gasteiger partial charge in [-0.3, -0.25) is 0 Å². The predicted octanol–water partition coefficient (Wildman–Crippen LogP) is 3.69. The summed E-state index contributed by atoms with van der Waals surface area (Å²) in [5, 5.41) is 3.01. The third-order valence-electron chi connectivity index (χ3n) is 5.97. The van der Waals surface area contributed by atoms with Crippen molar-refractivity contribution in [3.8, 4) is 0 Å². The molecule has 1 N–H and O–H groups in total. The molecule has 7 nitrogen and oxygen atoms in total. The summed E-state index contributed by atoms with van der Waals surface area (Å²) in [4.78, 5) is 28.6. The molecule has 0 bridgehead atoms. The van der Waals surface area contributed by atoms with E-state index in [0.29, 0.717) is 13.1 Å². The maximum atomic E-state index is 12.6. The van der Waals surface area contributed by atoms with Crippen molar-refractivity contribution in [1.82, 2.24) is 14.9 Å². The lowest BCUT2D eigenvalue weighted by molar-refractivity contribution is 0.208. The first-order chi connectivity index (χ1) is 14.6. The van der Waals surface area contributed by atoms with Crippen molar-refractivity contribution in [2.24, 2.45) is 0 Å². The topological polar surface area (TPSA) is 64.6 Å². The zero-order valence-electron chi connectivity index (χ0n) is 18.1. The second-order valence-corrected chi connectivity index (χ2v) is 8.17. The van der Waals surface area contributed by atoms with Crippen LogP contribution in [0, 0.1) is 6.92 Å². The smallest absolute Gasteiger partial charge is 0.321 e. The van der Waals surface area contributed by atoms with Gasteiger partial charge in [-0.1, -0.05) is 19.1 Å². The standard InChI is InChI=1S/C23H32N6O/c1-3-19-7-9-20(10-8-19)25-23(30)29-15-13-27(14-16-29)21-17-18(2)24-22(26-21)28-11-5-4-6-12-28/h7-10,17H,3-6,11-16H2,1-2H3,(H,25,30). The Kier molecular flexibility index (Phi) is 6.35. The number of piperazine rings is 1. The highest BCUT2D eigenvalue weighted by molar-refractivity contribution is 5.89. The number of amides is 2. The van der Waals surface area contributed by atoms with Gasteiger partial charge in [-0.05, 0) is 50.3 Å². The number of rotatable bonds is 4. The van der Waals surface area contributed by atoms with E-state index >= 15 is 0 Å². The minimum atomic E-state index is -0.0354. The van der Waals surface area contributed by atoms with Gasteiger partial charge in [0.25, 0.3) is 0 Å². The molecule has 0 atom stereocenters. The van der Waals surface area contributed by atoms with Crippen molar-refractivity contribution >= 4 is 23.5 Å². The summed E-state index contributed by atoms with van der Waals surface area (Å²) >= 11 is 0. The number of hydrogen-bond donors (Lipinski definition) is 1. The van der Waals surface area contributed by atoms with Gasteiger partial charge in [-0.2, -0.15) is 4.98 Å². The van der Waals surface area contributed by atoms with Gasteiger partial charge in [0.05, 0.1) is 0 Å². The van der Waals surface area contributed by atoms with Crippen LogP contribution in [0.2, 0.25) is 0 Å². The van der Waals surface area contributed by atoms with E-state index in [1.807, 2.05) is 24.0 Å². The molecule has 3 heterocycles. The molecule has 0 radical (unpaired) electrons. The molecular weight excluding hydrogens is 376 g/mol. The zero-order valence-corrected chi connectivity index (χ0v) is 18.1. The molecule has 2 aliphatic heterocycles. The first-order valence-electron chi connectivity index (χ1n) is 11.1. The molecule has 160 valence electrons. The van der Waals surface area contributed by atoms with Gasteiger partial charge in [0.15, 0.2) is 0 Å². The first-order valence-corrected chi connectivity index (χ1v) is 11.1. The van der Waals surface area contributed by atoms with Gasteiger partial charge >= 0.3 is 6.03 Å². The zero-order chi connectivity index (χ0) is 20.9. The summed E-state index contributed by atoms with van der Waals surface area (Å²) in [5.74, 6) is 1.82. The molecule has 0 aliphatic carbocycles. The molecular formula is C23H32N6O. The summed E-state index contributed by atoms with van der Waals surface area (Å²) in [6.45, 7) is 9.15. The first kappa shape index (κ1) is 20.4. The van der Waals surface area contributed by atoms with Gasteiger partial charge in [-0.25, -0.2) is 9.78 Å². The van der Waals surface area contributed by atoms with Crippen LogP contribution in [0.4, 0.5) is 22.2 Å². The van der Waals surface area contributed by atoms with Gasteiger partial charge in [0.1, 0.15) is 5.82 Å². The number of anilines is 3. The molecule has 0 saturated carbocycles. The molecule has 1 aromatic carbocycles. The van der Waals surface area contributed by atoms with Crippen molar-refractivity contribution in [2.45, 2.75) is 39.5 Å². The van der Waals surface area contributed by atoms with E-state index < -0.39 is 0 Å². The fourth-order valence-corrected chi connectivity index (χ4v) is 4.10. The Hall–Kier alpha value is -2.83. The second-order valence-electron chi connectivity index (χ2n) is 8.17. The number of hydrogen-bond acceptors (Lipinski definition) is 5. The molecule has 7 heteroatoms. The van der Waals surface area contributed by atoms with Crippen LogP contribution in [0.5, 0.6) is 0 Å². The third-order valence-corrected chi connectivity index (χ3v) is 5.97. The van der Waals surface area contributed by atoms with Crippen LogP contribution in [0.15, 0.2) is 30.3 Å². The van der Waals surface area contributed by atoms with E-state index in [1.54, 1.807) is 0 Å². The Balaban J connectivity index is 1.35. The minimum Gasteiger partial charge on any atom is -0.353 e. The van der Waals surface area contributed by atoms with Crippen molar-refractivity contribution in [3.63, 3.8) is 0 Å². The molecule has 0 unspecified atom stereocenters. The van der Waals surface area contributed by atoms with Crippen LogP contribution < -0.4 is 15.1 Å². The lowest BCUT2D eigenvalue weighted by Crippen LogP contribution is -2.50. The van der Waals surface area contributed by atoms with E-state index in [2.05, 4.69) is 45.2 Å². The number of nitrogens with zero attached hydrogens (tertiary/aromatic N) is 5. The summed E-state index contributed by atoms with van der Waals surface area (Å²) in [6.07, 6.45) is 4.71. The summed E-state index contributed by atoms with van der Waals surface area (Å²) < 4.78 is 0. The van der Waals surface area contributed by atoms with Crippen molar-refractivity contribution in [3.05, 3.63) is 41.6 Å². The van der Waals surface area contributed by atoms with Crippen LogP contribution in [-0.4, -0.2) is 60.2 Å². The van der Waals surface area contributed by atoms with Gasteiger partial charge in [0, 0.05) is 56.7 Å². The number of benzene rings is 1. The van der Waals surface area contributed by atoms with Crippen molar-refractivity contribution in [2.75, 3.05) is 54.4 Å². The Morgan fingerprint density at radius 1 is 0.933 bits per heavy atom. The van der Waals surface area contributed by atoms with Crippen LogP contribution in [-0.2, 0) is 6.42 Å². The highest BCUT2D eigenvalue weighted by Gasteiger charge is 2.23. The predicted molar refractivity (Wildman–Crippen MR) is 121 cm³/mol. The number of carbonyl (C=O) groups is 1. The van der Waals surface area contributed by atoms with Gasteiger partial charge in [-0.15, -0.1) is 0 Å². The number of nitrogens with one attached hydrogen (secondary N) is 1. The van der Waals surface area contributed by atoms with E-state index in [0.717, 1.165) is 55.7 Å². The SMILES string of the molecule is CCc1ccc(NC(=O)N2CCN(c3cc(C)nc(N4CCCCC4)n3)CC2)cc1. The average Bonchev–Trinajstić information content (AvgIpc) is 2.80. The number of carbonyl (C=O) groups excluding carboxylic acids is 1. The Morgan fingerprint density at radius 3 is 2.30 bits per heavy atom. The molecule has 2 saturated heterocycles. The number of aromatic nitrogens is 2. The van der Waals surface area contributed by atoms with E-state index in [-0.39, 0.29) is 6.03 Å². The van der Waals surface area contributed by atoms with Crippen LogP contribution in [0.3, 0.4) is 0 Å². The fraction of sp³-hybridized carbons (Fsp3) is 0.522. The maximum Gasteiger partial charge on any atom is 0.321 e.